The molecule has 0 radical (unpaired) electrons. The van der Waals surface area contributed by atoms with Crippen LogP contribution >= 0.6 is 0 Å². The zero-order valence-corrected chi connectivity index (χ0v) is 13.4. The summed E-state index contributed by atoms with van der Waals surface area (Å²) in [6.45, 7) is 5.16. The topological polar surface area (TPSA) is 90.2 Å². The zero-order chi connectivity index (χ0) is 16.8. The summed E-state index contributed by atoms with van der Waals surface area (Å²) in [7, 11) is 0. The van der Waals surface area contributed by atoms with Gasteiger partial charge in [-0.2, -0.15) is 5.26 Å². The van der Waals surface area contributed by atoms with Gasteiger partial charge in [0.2, 0.25) is 0 Å². The second-order valence-corrected chi connectivity index (χ2v) is 5.17. The first-order valence-electron chi connectivity index (χ1n) is 7.33. The maximum Gasteiger partial charge on any atom is 0.154 e. The van der Waals surface area contributed by atoms with Gasteiger partial charge in [0, 0.05) is 5.69 Å². The number of hydrogen-bond acceptors (Lipinski definition) is 6. The van der Waals surface area contributed by atoms with Crippen molar-refractivity contribution in [2.45, 2.75) is 33.3 Å². The van der Waals surface area contributed by atoms with Crippen molar-refractivity contribution in [2.24, 2.45) is 0 Å². The average molecular weight is 312 g/mol. The van der Waals surface area contributed by atoms with E-state index in [1.807, 2.05) is 37.3 Å². The summed E-state index contributed by atoms with van der Waals surface area (Å²) in [5.41, 5.74) is 2.14. The minimum Gasteiger partial charge on any atom is -0.368 e. The Morgan fingerprint density at radius 1 is 1.26 bits per heavy atom. The largest absolute Gasteiger partial charge is 0.368 e. The second kappa shape index (κ2) is 7.58. The van der Waals surface area contributed by atoms with Gasteiger partial charge < -0.3 is 20.5 Å². The Balaban J connectivity index is 2.27. The molecule has 2 atom stereocenters. The number of nitriles is 1. The lowest BCUT2D eigenvalue weighted by molar-refractivity contribution is -0.109. The number of aryl methyl sites for hydroxylation is 1. The van der Waals surface area contributed by atoms with Crippen LogP contribution in [0.25, 0.3) is 0 Å². The number of hydrogen-bond donors (Lipinski definition) is 3. The molecule has 0 amide bonds. The monoisotopic (exact) mass is 312 g/mol. The average Bonchev–Trinajstić information content (AvgIpc) is 2.47. The standard InChI is InChI=1S/C17H20N4O2/c1-11-9-16(19-12(2)23-13(3)22)21-17(15(11)10-18)20-14-7-5-4-6-8-14/h4-9,12-13,22H,1-3H3,(H2,19,20,21). The number of aliphatic hydroxyl groups is 1. The Kier molecular flexibility index (Phi) is 5.52. The Morgan fingerprint density at radius 3 is 2.57 bits per heavy atom. The van der Waals surface area contributed by atoms with Gasteiger partial charge in [-0.3, -0.25) is 0 Å². The molecule has 0 aliphatic rings. The number of pyridine rings is 1. The van der Waals surface area contributed by atoms with Gasteiger partial charge in [-0.15, -0.1) is 0 Å². The van der Waals surface area contributed by atoms with Gasteiger partial charge in [-0.05, 0) is 44.5 Å². The summed E-state index contributed by atoms with van der Waals surface area (Å²) in [5, 5.41) is 24.8. The van der Waals surface area contributed by atoms with Crippen LogP contribution in [0.1, 0.15) is 25.0 Å². The van der Waals surface area contributed by atoms with Crippen molar-refractivity contribution in [3.63, 3.8) is 0 Å². The summed E-state index contributed by atoms with van der Waals surface area (Å²) < 4.78 is 5.23. The lowest BCUT2D eigenvalue weighted by Gasteiger charge is -2.19. The Bertz CT molecular complexity index is 696. The smallest absolute Gasteiger partial charge is 0.154 e. The van der Waals surface area contributed by atoms with Crippen LogP contribution in [-0.2, 0) is 4.74 Å². The molecule has 3 N–H and O–H groups in total. The highest BCUT2D eigenvalue weighted by Gasteiger charge is 2.12. The number of aromatic nitrogens is 1. The van der Waals surface area contributed by atoms with E-state index in [4.69, 9.17) is 4.74 Å². The van der Waals surface area contributed by atoms with Crippen LogP contribution in [0, 0.1) is 18.3 Å². The molecule has 120 valence electrons. The van der Waals surface area contributed by atoms with Crippen LogP contribution in [0.2, 0.25) is 0 Å². The lowest BCUT2D eigenvalue weighted by atomic mass is 10.1. The summed E-state index contributed by atoms with van der Waals surface area (Å²) >= 11 is 0. The first kappa shape index (κ1) is 16.7. The van der Waals surface area contributed by atoms with Crippen LogP contribution in [0.3, 0.4) is 0 Å². The van der Waals surface area contributed by atoms with Crippen LogP contribution in [-0.4, -0.2) is 22.6 Å². The number of benzene rings is 1. The third kappa shape index (κ3) is 4.68. The molecule has 0 bridgehead atoms. The van der Waals surface area contributed by atoms with Gasteiger partial charge in [-0.25, -0.2) is 4.98 Å². The van der Waals surface area contributed by atoms with E-state index in [2.05, 4.69) is 21.7 Å². The van der Waals surface area contributed by atoms with Gasteiger partial charge in [0.25, 0.3) is 0 Å². The quantitative estimate of drug-likeness (QED) is 0.710. The minimum absolute atomic E-state index is 0.417. The maximum absolute atomic E-state index is 9.36. The molecule has 1 aromatic heterocycles. The van der Waals surface area contributed by atoms with Crippen molar-refractivity contribution in [1.29, 1.82) is 5.26 Å². The molecule has 6 nitrogen and oxygen atoms in total. The molecule has 0 spiro atoms. The molecule has 1 aromatic carbocycles. The third-order valence-electron chi connectivity index (χ3n) is 3.12. The normalized spacial score (nSPS) is 13.0. The highest BCUT2D eigenvalue weighted by Crippen LogP contribution is 2.24. The molecular formula is C17H20N4O2. The molecule has 0 fully saturated rings. The van der Waals surface area contributed by atoms with E-state index in [0.29, 0.717) is 17.2 Å². The molecule has 2 unspecified atom stereocenters. The number of anilines is 3. The number of para-hydroxylation sites is 1. The molecule has 23 heavy (non-hydrogen) atoms. The van der Waals surface area contributed by atoms with Gasteiger partial charge in [-0.1, -0.05) is 18.2 Å². The fourth-order valence-electron chi connectivity index (χ4n) is 2.17. The van der Waals surface area contributed by atoms with Crippen LogP contribution < -0.4 is 10.6 Å². The summed E-state index contributed by atoms with van der Waals surface area (Å²) in [5.74, 6) is 1.04. The van der Waals surface area contributed by atoms with Crippen LogP contribution in [0.5, 0.6) is 0 Å². The predicted molar refractivity (Wildman–Crippen MR) is 89.3 cm³/mol. The Hall–Kier alpha value is -2.62. The van der Waals surface area contributed by atoms with E-state index in [9.17, 15) is 10.4 Å². The zero-order valence-electron chi connectivity index (χ0n) is 13.4. The summed E-state index contributed by atoms with van der Waals surface area (Å²) in [4.78, 5) is 4.44. The first-order chi connectivity index (χ1) is 11.0. The highest BCUT2D eigenvalue weighted by atomic mass is 16.6. The van der Waals surface area contributed by atoms with Crippen molar-refractivity contribution < 1.29 is 9.84 Å². The lowest BCUT2D eigenvalue weighted by Crippen LogP contribution is -2.24. The van der Waals surface area contributed by atoms with Gasteiger partial charge in [0.15, 0.2) is 12.1 Å². The maximum atomic E-state index is 9.36. The van der Waals surface area contributed by atoms with Crippen molar-refractivity contribution >= 4 is 17.3 Å². The molecule has 0 saturated carbocycles. The van der Waals surface area contributed by atoms with E-state index in [-0.39, 0.29) is 0 Å². The summed E-state index contributed by atoms with van der Waals surface area (Å²) in [6, 6.07) is 13.5. The Labute approximate surface area is 135 Å². The van der Waals surface area contributed by atoms with E-state index in [1.165, 1.54) is 6.92 Å². The minimum atomic E-state index is -0.876. The van der Waals surface area contributed by atoms with E-state index < -0.39 is 12.5 Å². The highest BCUT2D eigenvalue weighted by molar-refractivity contribution is 5.67. The predicted octanol–water partition coefficient (Wildman–Crippen LogP) is 3.12. The number of rotatable bonds is 6. The Morgan fingerprint density at radius 2 is 1.96 bits per heavy atom. The molecule has 2 aromatic rings. The van der Waals surface area contributed by atoms with Crippen molar-refractivity contribution in [1.82, 2.24) is 4.98 Å². The van der Waals surface area contributed by atoms with E-state index in [1.54, 1.807) is 13.0 Å². The fraction of sp³-hybridized carbons (Fsp3) is 0.294. The van der Waals surface area contributed by atoms with Crippen LogP contribution in [0.4, 0.5) is 17.3 Å². The molecule has 1 heterocycles. The van der Waals surface area contributed by atoms with E-state index in [0.717, 1.165) is 11.3 Å². The number of nitrogens with zero attached hydrogens (tertiary/aromatic N) is 2. The van der Waals surface area contributed by atoms with Crippen molar-refractivity contribution in [3.05, 3.63) is 47.5 Å². The van der Waals surface area contributed by atoms with Crippen molar-refractivity contribution in [3.8, 4) is 6.07 Å². The van der Waals surface area contributed by atoms with E-state index >= 15 is 0 Å². The second-order valence-electron chi connectivity index (χ2n) is 5.17. The molecule has 0 aliphatic carbocycles. The van der Waals surface area contributed by atoms with Crippen molar-refractivity contribution in [2.75, 3.05) is 10.6 Å². The fourth-order valence-corrected chi connectivity index (χ4v) is 2.17. The number of nitrogens with one attached hydrogen (secondary N) is 2. The number of ether oxygens (including phenoxy) is 1. The number of aliphatic hydroxyl groups excluding tert-OH is 1. The van der Waals surface area contributed by atoms with Crippen LogP contribution in [0.15, 0.2) is 36.4 Å². The molecule has 0 aliphatic heterocycles. The molecule has 6 heteroatoms. The molecule has 0 saturated heterocycles. The molecular weight excluding hydrogens is 292 g/mol. The third-order valence-corrected chi connectivity index (χ3v) is 3.12. The van der Waals surface area contributed by atoms with Gasteiger partial charge >= 0.3 is 0 Å². The summed E-state index contributed by atoms with van der Waals surface area (Å²) in [6.07, 6.45) is -1.29. The van der Waals surface area contributed by atoms with Gasteiger partial charge in [0.1, 0.15) is 18.1 Å². The molecule has 2 rings (SSSR count). The SMILES string of the molecule is Cc1cc(NC(C)OC(C)O)nc(Nc2ccccc2)c1C#N. The first-order valence-corrected chi connectivity index (χ1v) is 7.33. The van der Waals surface area contributed by atoms with Gasteiger partial charge in [0.05, 0.1) is 5.56 Å².